The Hall–Kier alpha value is -2.68. The number of anilines is 1. The van der Waals surface area contributed by atoms with Crippen molar-refractivity contribution < 1.29 is 26.7 Å². The van der Waals surface area contributed by atoms with Crippen LogP contribution in [-0.2, 0) is 21.3 Å². The molecule has 0 aromatic heterocycles. The predicted octanol–water partition coefficient (Wildman–Crippen LogP) is 4.05. The van der Waals surface area contributed by atoms with E-state index in [0.29, 0.717) is 5.56 Å². The highest BCUT2D eigenvalue weighted by Gasteiger charge is 2.21. The van der Waals surface area contributed by atoms with Crippen LogP contribution in [0.3, 0.4) is 0 Å². The van der Waals surface area contributed by atoms with Crippen molar-refractivity contribution in [3.8, 4) is 11.1 Å². The van der Waals surface area contributed by atoms with Crippen LogP contribution in [0.5, 0.6) is 0 Å². The lowest BCUT2D eigenvalue weighted by Gasteiger charge is -2.21. The van der Waals surface area contributed by atoms with Crippen molar-refractivity contribution in [2.45, 2.75) is 32.9 Å². The van der Waals surface area contributed by atoms with Gasteiger partial charge in [0.15, 0.2) is 0 Å². The maximum absolute atomic E-state index is 14.6. The molecule has 0 fully saturated rings. The van der Waals surface area contributed by atoms with Crippen LogP contribution in [0.2, 0.25) is 0 Å². The molecule has 0 saturated carbocycles. The molecule has 0 saturated heterocycles. The molecule has 0 bridgehead atoms. The Morgan fingerprint density at radius 2 is 1.79 bits per heavy atom. The van der Waals surface area contributed by atoms with Gasteiger partial charge in [0.1, 0.15) is 17.2 Å². The Bertz CT molecular complexity index is 1020. The molecule has 0 unspecified atom stereocenters. The number of amides is 1. The number of hydrogen-bond acceptors (Lipinski definition) is 4. The fourth-order valence-electron chi connectivity index (χ4n) is 2.57. The third-order valence-corrected chi connectivity index (χ3v) is 5.16. The number of carbonyl (C=O) groups excluding carboxylic acids is 1. The Kier molecular flexibility index (Phi) is 6.52. The fraction of sp³-hybridized carbons (Fsp3) is 0.350. The summed E-state index contributed by atoms with van der Waals surface area (Å²) in [5.41, 5.74) is -0.119. The first-order valence-corrected chi connectivity index (χ1v) is 10.6. The van der Waals surface area contributed by atoms with Gasteiger partial charge in [0, 0.05) is 24.7 Å². The number of nitrogens with one attached hydrogen (secondary N) is 1. The van der Waals surface area contributed by atoms with Crippen molar-refractivity contribution in [2.75, 3.05) is 17.6 Å². The van der Waals surface area contributed by atoms with Gasteiger partial charge in [-0.15, -0.1) is 0 Å². The minimum Gasteiger partial charge on any atom is -0.444 e. The zero-order valence-corrected chi connectivity index (χ0v) is 17.7. The predicted molar refractivity (Wildman–Crippen MR) is 108 cm³/mol. The van der Waals surface area contributed by atoms with Gasteiger partial charge in [0.25, 0.3) is 0 Å². The molecule has 0 spiro atoms. The Morgan fingerprint density at radius 3 is 2.34 bits per heavy atom. The number of nitrogens with zero attached hydrogens (tertiary/aromatic N) is 1. The van der Waals surface area contributed by atoms with Crippen LogP contribution in [0.1, 0.15) is 26.3 Å². The second kappa shape index (κ2) is 8.36. The Balaban J connectivity index is 2.32. The molecule has 0 aliphatic carbocycles. The maximum atomic E-state index is 14.6. The molecule has 9 heteroatoms. The van der Waals surface area contributed by atoms with Crippen LogP contribution < -0.4 is 9.62 Å². The molecule has 0 aliphatic rings. The van der Waals surface area contributed by atoms with Gasteiger partial charge >= 0.3 is 6.09 Å². The minimum absolute atomic E-state index is 0.0969. The van der Waals surface area contributed by atoms with Crippen molar-refractivity contribution >= 4 is 21.8 Å². The van der Waals surface area contributed by atoms with Crippen LogP contribution in [0.15, 0.2) is 36.4 Å². The minimum atomic E-state index is -3.72. The number of hydrogen-bond donors (Lipinski definition) is 1. The molecule has 2 aromatic carbocycles. The van der Waals surface area contributed by atoms with Crippen LogP contribution >= 0.6 is 0 Å². The SMILES string of the molecule is CN(c1c(F)cccc1-c1ccc(CNC(=O)OC(C)(C)C)c(F)c1)S(C)(=O)=O. The fourth-order valence-corrected chi connectivity index (χ4v) is 3.09. The summed E-state index contributed by atoms with van der Waals surface area (Å²) < 4.78 is 58.6. The number of carbonyl (C=O) groups is 1. The maximum Gasteiger partial charge on any atom is 0.407 e. The number of rotatable bonds is 5. The van der Waals surface area contributed by atoms with Crippen molar-refractivity contribution in [3.05, 3.63) is 53.6 Å². The Labute approximate surface area is 169 Å². The van der Waals surface area contributed by atoms with Crippen LogP contribution in [-0.4, -0.2) is 33.4 Å². The largest absolute Gasteiger partial charge is 0.444 e. The summed E-state index contributed by atoms with van der Waals surface area (Å²) in [6.45, 7) is 5.05. The summed E-state index contributed by atoms with van der Waals surface area (Å²) in [7, 11) is -2.49. The van der Waals surface area contributed by atoms with Crippen LogP contribution in [0.4, 0.5) is 19.3 Å². The molecule has 6 nitrogen and oxygen atoms in total. The molecule has 0 atom stereocenters. The van der Waals surface area contributed by atoms with Gasteiger partial charge < -0.3 is 10.1 Å². The highest BCUT2D eigenvalue weighted by atomic mass is 32.2. The average molecular weight is 426 g/mol. The van der Waals surface area contributed by atoms with E-state index in [1.807, 2.05) is 0 Å². The van der Waals surface area contributed by atoms with Gasteiger partial charge in [-0.25, -0.2) is 22.0 Å². The van der Waals surface area contributed by atoms with Crippen molar-refractivity contribution in [3.63, 3.8) is 0 Å². The molecule has 2 rings (SSSR count). The second-order valence-electron chi connectivity index (χ2n) is 7.53. The zero-order chi connectivity index (χ0) is 22.0. The van der Waals surface area contributed by atoms with E-state index in [1.165, 1.54) is 37.4 Å². The first-order valence-electron chi connectivity index (χ1n) is 8.77. The molecule has 0 heterocycles. The van der Waals surface area contributed by atoms with E-state index in [0.717, 1.165) is 16.6 Å². The molecule has 2 aromatic rings. The molecular formula is C20H24F2N2O4S. The molecular weight excluding hydrogens is 402 g/mol. The van der Waals surface area contributed by atoms with Gasteiger partial charge in [-0.1, -0.05) is 24.3 Å². The standard InChI is InChI=1S/C20H24F2N2O4S/c1-20(2,3)28-19(25)23-12-14-10-9-13(11-17(14)22)15-7-6-8-16(21)18(15)24(4)29(5,26)27/h6-11H,12H2,1-5H3,(H,23,25). The number of benzene rings is 2. The highest BCUT2D eigenvalue weighted by molar-refractivity contribution is 7.92. The van der Waals surface area contributed by atoms with Crippen molar-refractivity contribution in [1.82, 2.24) is 5.32 Å². The van der Waals surface area contributed by atoms with E-state index < -0.39 is 33.4 Å². The number of halogens is 2. The normalized spacial score (nSPS) is 11.8. The summed E-state index contributed by atoms with van der Waals surface area (Å²) >= 11 is 0. The molecule has 1 N–H and O–H groups in total. The summed E-state index contributed by atoms with van der Waals surface area (Å²) in [4.78, 5) is 11.7. The van der Waals surface area contributed by atoms with Gasteiger partial charge in [0.05, 0.1) is 11.9 Å². The first-order chi connectivity index (χ1) is 13.3. The van der Waals surface area contributed by atoms with E-state index in [1.54, 1.807) is 20.8 Å². The third kappa shape index (κ3) is 5.90. The van der Waals surface area contributed by atoms with Crippen molar-refractivity contribution in [1.29, 1.82) is 0 Å². The third-order valence-electron chi connectivity index (χ3n) is 3.99. The lowest BCUT2D eigenvalue weighted by molar-refractivity contribution is 0.0523. The number of para-hydroxylation sites is 1. The van der Waals surface area contributed by atoms with Gasteiger partial charge in [-0.3, -0.25) is 4.31 Å². The topological polar surface area (TPSA) is 75.7 Å². The monoisotopic (exact) mass is 426 g/mol. The van der Waals surface area contributed by atoms with Crippen LogP contribution in [0.25, 0.3) is 11.1 Å². The molecule has 29 heavy (non-hydrogen) atoms. The number of ether oxygens (including phenoxy) is 1. The van der Waals surface area contributed by atoms with Gasteiger partial charge in [-0.05, 0) is 38.5 Å². The lowest BCUT2D eigenvalue weighted by atomic mass is 10.0. The summed E-state index contributed by atoms with van der Waals surface area (Å²) in [6.07, 6.45) is 0.276. The van der Waals surface area contributed by atoms with E-state index in [-0.39, 0.29) is 23.4 Å². The van der Waals surface area contributed by atoms with Gasteiger partial charge in [-0.2, -0.15) is 0 Å². The number of alkyl carbamates (subject to hydrolysis) is 1. The van der Waals surface area contributed by atoms with E-state index in [2.05, 4.69) is 5.32 Å². The average Bonchev–Trinajstić information content (AvgIpc) is 2.57. The summed E-state index contributed by atoms with van der Waals surface area (Å²) in [5.74, 6) is -1.37. The molecule has 0 radical (unpaired) electrons. The molecule has 1 amide bonds. The smallest absolute Gasteiger partial charge is 0.407 e. The van der Waals surface area contributed by atoms with E-state index in [9.17, 15) is 22.0 Å². The first kappa shape index (κ1) is 22.6. The summed E-state index contributed by atoms with van der Waals surface area (Å²) in [5, 5.41) is 2.47. The van der Waals surface area contributed by atoms with Crippen LogP contribution in [0, 0.1) is 11.6 Å². The second-order valence-corrected chi connectivity index (χ2v) is 9.54. The van der Waals surface area contributed by atoms with E-state index in [4.69, 9.17) is 4.74 Å². The van der Waals surface area contributed by atoms with E-state index >= 15 is 0 Å². The van der Waals surface area contributed by atoms with Gasteiger partial charge in [0.2, 0.25) is 10.0 Å². The zero-order valence-electron chi connectivity index (χ0n) is 16.9. The quantitative estimate of drug-likeness (QED) is 0.783. The van der Waals surface area contributed by atoms with Crippen molar-refractivity contribution in [2.24, 2.45) is 0 Å². The number of sulfonamides is 1. The highest BCUT2D eigenvalue weighted by Crippen LogP contribution is 2.34. The molecule has 158 valence electrons. The Morgan fingerprint density at radius 1 is 1.14 bits per heavy atom. The molecule has 0 aliphatic heterocycles. The summed E-state index contributed by atoms with van der Waals surface area (Å²) in [6, 6.07) is 8.20. The lowest BCUT2D eigenvalue weighted by Crippen LogP contribution is -2.32.